The molecule has 0 bridgehead atoms. The van der Waals surface area contributed by atoms with Gasteiger partial charge in [0.1, 0.15) is 0 Å². The summed E-state index contributed by atoms with van der Waals surface area (Å²) < 4.78 is 2.83. The molecule has 0 amide bonds. The molecule has 0 radical (unpaired) electrons. The van der Waals surface area contributed by atoms with Crippen LogP contribution in [0.1, 0.15) is 68.5 Å². The Morgan fingerprint density at radius 3 is 0.768 bits per heavy atom. The summed E-state index contributed by atoms with van der Waals surface area (Å²) in [5.41, 5.74) is 15.8. The molecule has 2 aliphatic rings. The van der Waals surface area contributed by atoms with Gasteiger partial charge < -0.3 is 24.8 Å². The van der Waals surface area contributed by atoms with Gasteiger partial charge in [-0.2, -0.15) is 23.3 Å². The fourth-order valence-corrected chi connectivity index (χ4v) is 11.4. The molecule has 4 heteroatoms. The van der Waals surface area contributed by atoms with Crippen LogP contribution in [-0.4, -0.2) is 6.41 Å². The van der Waals surface area contributed by atoms with Crippen molar-refractivity contribution in [1.82, 2.24) is 0 Å². The number of fused-ring (bicyclic) bond motifs is 6. The van der Waals surface area contributed by atoms with Gasteiger partial charge in [-0.1, -0.05) is 131 Å². The van der Waals surface area contributed by atoms with Gasteiger partial charge in [-0.3, -0.25) is 12.2 Å². The molecule has 0 aliphatic heterocycles. The average Bonchev–Trinajstić information content (AvgIpc) is 4.41. The molecule has 0 saturated carbocycles. The third-order valence-corrected chi connectivity index (χ3v) is 16.7. The van der Waals surface area contributed by atoms with E-state index in [4.69, 9.17) is 0 Å². The quantitative estimate of drug-likeness (QED) is 0.146. The molecule has 0 atom stereocenters. The standard InChI is InChI=1S/2C15H13.2C13H10.2C11H9.2ClH.2Zr/c2*1-10-3-5-14-12(7-10)9-13-8-11(2)4-6-15(13)14;2*1-3-7-12(8-4-1)11-13-9-5-2-6-10-13;2*1-2-6-10(7-3-1)11-8-4-5-9-11;;;;/h2*3-9H,1-2H3;2*1-10H;2*1-3,6-9H,4H2;2*1H;;/q2*-1;;;2*-1;;;2*+2/p-2. The molecule has 0 nitrogen and oxygen atoms in total. The number of halogens is 2. The van der Waals surface area contributed by atoms with Gasteiger partial charge >= 0.3 is 198 Å². The molecule has 12 aromatic carbocycles. The maximum atomic E-state index is 3.15. The molecule has 0 saturated heterocycles. The number of benzene rings is 10. The molecule has 0 aromatic heterocycles. The van der Waals surface area contributed by atoms with Gasteiger partial charge in [0.05, 0.1) is 0 Å². The van der Waals surface area contributed by atoms with Crippen molar-refractivity contribution in [3.05, 3.63) is 359 Å². The normalized spacial score (nSPS) is 11.6. The molecular weight excluding hydrogens is 1190 g/mol. The Balaban J connectivity index is 0.000000142. The summed E-state index contributed by atoms with van der Waals surface area (Å²) in [6, 6.07) is 94.2. The first-order valence-corrected chi connectivity index (χ1v) is 29.8. The summed E-state index contributed by atoms with van der Waals surface area (Å²) in [7, 11) is 0. The van der Waals surface area contributed by atoms with Gasteiger partial charge in [0.25, 0.3) is 0 Å². The molecule has 0 fully saturated rings. The van der Waals surface area contributed by atoms with Crippen molar-refractivity contribution in [2.45, 2.75) is 40.5 Å². The fourth-order valence-electron chi connectivity index (χ4n) is 9.73. The van der Waals surface area contributed by atoms with Crippen LogP contribution in [0.4, 0.5) is 0 Å². The first-order valence-electron chi connectivity index (χ1n) is 27.3. The molecule has 0 N–H and O–H groups in total. The van der Waals surface area contributed by atoms with Crippen LogP contribution in [0.5, 0.6) is 0 Å². The Bertz CT molecular complexity index is 3630. The van der Waals surface area contributed by atoms with Gasteiger partial charge in [-0.05, 0) is 27.7 Å². The fraction of sp³-hybridized carbons (Fsp3) is 0.0769. The second kappa shape index (κ2) is 32.0. The molecule has 2 aliphatic carbocycles. The Kier molecular flexibility index (Phi) is 24.4. The van der Waals surface area contributed by atoms with Crippen LogP contribution in [0.15, 0.2) is 291 Å². The first kappa shape index (κ1) is 62.6. The van der Waals surface area contributed by atoms with Gasteiger partial charge in [0.2, 0.25) is 0 Å². The Hall–Kier alpha value is -7.01. The second-order valence-electron chi connectivity index (χ2n) is 20.0. The molecule has 0 heterocycles. The molecule has 82 heavy (non-hydrogen) atoms. The number of hydrogen-bond acceptors (Lipinski definition) is 0. The monoisotopic (exact) mass is 1250 g/mol. The topological polar surface area (TPSA) is 0 Å². The summed E-state index contributed by atoms with van der Waals surface area (Å²) in [5, 5.41) is 10.9. The number of rotatable bonds is 6. The van der Waals surface area contributed by atoms with Crippen molar-refractivity contribution in [2.24, 2.45) is 0 Å². The van der Waals surface area contributed by atoms with Crippen LogP contribution in [-0.2, 0) is 48.5 Å². The van der Waals surface area contributed by atoms with Crippen LogP contribution in [0, 0.1) is 39.8 Å². The van der Waals surface area contributed by atoms with E-state index in [1.165, 1.54) is 165 Å². The zero-order chi connectivity index (χ0) is 55.5. The summed E-state index contributed by atoms with van der Waals surface area (Å²) >= 11 is 2.92. The van der Waals surface area contributed by atoms with E-state index in [1.54, 1.807) is 0 Å². The third kappa shape index (κ3) is 17.5. The maximum absolute atomic E-state index is 3.15. The van der Waals surface area contributed by atoms with E-state index < -0.39 is 0 Å². The second-order valence-corrected chi connectivity index (χ2v) is 22.5. The van der Waals surface area contributed by atoms with Crippen LogP contribution in [0.3, 0.4) is 0 Å². The number of hydrogen-bond donors (Lipinski definition) is 0. The number of aryl methyl sites for hydroxylation is 4. The predicted molar refractivity (Wildman–Crippen MR) is 339 cm³/mol. The SMILES string of the molecule is Cc1ccc2c(c1)[cH-]c1cc(C)ccc12.Cc1ccc2c(c1)[cH-]c1cc(C)ccc12.[C-]1=CC(c2ccccc2)=CC1.[C-]1=CC(c2ccccc2)=CC1.[Cl-].[Cl-].[Zr+2]=[C](c1ccccc1)c1ccccc1.[Zr+2]=[C](c1ccccc1)c1ccccc1. The van der Waals surface area contributed by atoms with Crippen molar-refractivity contribution in [2.75, 3.05) is 0 Å². The minimum atomic E-state index is 0. The summed E-state index contributed by atoms with van der Waals surface area (Å²) in [6.45, 7) is 8.56. The van der Waals surface area contributed by atoms with E-state index in [0.29, 0.717) is 0 Å². The van der Waals surface area contributed by atoms with Gasteiger partial charge in [0.15, 0.2) is 0 Å². The van der Waals surface area contributed by atoms with Crippen LogP contribution in [0.25, 0.3) is 54.2 Å². The van der Waals surface area contributed by atoms with Gasteiger partial charge in [-0.15, -0.1) is 103 Å². The van der Waals surface area contributed by atoms with Crippen LogP contribution in [0.2, 0.25) is 0 Å². The van der Waals surface area contributed by atoms with E-state index in [9.17, 15) is 0 Å². The average molecular weight is 1250 g/mol. The van der Waals surface area contributed by atoms with Crippen molar-refractivity contribution in [3.8, 4) is 0 Å². The van der Waals surface area contributed by atoms with E-state index in [2.05, 4.69) is 319 Å². The van der Waals surface area contributed by atoms with Crippen molar-refractivity contribution in [1.29, 1.82) is 0 Å². The minimum absolute atomic E-state index is 0. The Labute approximate surface area is 528 Å². The van der Waals surface area contributed by atoms with Gasteiger partial charge in [0, 0.05) is 0 Å². The predicted octanol–water partition coefficient (Wildman–Crippen LogP) is 13.9. The van der Waals surface area contributed by atoms with Crippen LogP contribution >= 0.6 is 0 Å². The molecule has 400 valence electrons. The first-order chi connectivity index (χ1) is 39.2. The molecule has 12 aromatic rings. The molecule has 0 spiro atoms. The summed E-state index contributed by atoms with van der Waals surface area (Å²) in [6.07, 6.45) is 16.7. The molecule has 0 unspecified atom stereocenters. The zero-order valence-electron chi connectivity index (χ0n) is 46.9. The van der Waals surface area contributed by atoms with E-state index in [1.807, 2.05) is 12.1 Å². The van der Waals surface area contributed by atoms with Crippen LogP contribution < -0.4 is 24.8 Å². The summed E-state index contributed by atoms with van der Waals surface area (Å²) in [5.74, 6) is 0. The Morgan fingerprint density at radius 2 is 0.549 bits per heavy atom. The zero-order valence-corrected chi connectivity index (χ0v) is 53.3. The van der Waals surface area contributed by atoms with Crippen molar-refractivity contribution < 1.29 is 73.3 Å². The van der Waals surface area contributed by atoms with Crippen molar-refractivity contribution in [3.63, 3.8) is 0 Å². The van der Waals surface area contributed by atoms with E-state index in [0.717, 1.165) is 12.8 Å². The van der Waals surface area contributed by atoms with Gasteiger partial charge in [-0.25, -0.2) is 12.2 Å². The third-order valence-electron chi connectivity index (χ3n) is 13.9. The number of allylic oxidation sites excluding steroid dienone is 8. The molecule has 14 rings (SSSR count). The Morgan fingerprint density at radius 1 is 0.317 bits per heavy atom. The van der Waals surface area contributed by atoms with E-state index >= 15 is 0 Å². The van der Waals surface area contributed by atoms with Crippen molar-refractivity contribution >= 4 is 60.6 Å². The van der Waals surface area contributed by atoms with E-state index in [-0.39, 0.29) is 24.8 Å². The summed E-state index contributed by atoms with van der Waals surface area (Å²) in [4.78, 5) is 0. The molecular formula is C78H64Cl2Zr2-2.